The molecule has 0 aliphatic heterocycles. The fourth-order valence-corrected chi connectivity index (χ4v) is 2.71. The number of nitrogens with zero attached hydrogens (tertiary/aromatic N) is 1. The molecule has 0 amide bonds. The first-order chi connectivity index (χ1) is 8.86. The number of nitrogens with one attached hydrogen (secondary N) is 1. The van der Waals surface area contributed by atoms with Crippen molar-refractivity contribution in [1.29, 1.82) is 5.26 Å². The van der Waals surface area contributed by atoms with E-state index in [1.165, 1.54) is 0 Å². The molecule has 2 atom stereocenters. The maximum atomic E-state index is 9.03. The Morgan fingerprint density at radius 2 is 2.22 bits per heavy atom. The molecule has 3 heteroatoms. The van der Waals surface area contributed by atoms with Gasteiger partial charge in [-0.25, -0.2) is 0 Å². The van der Waals surface area contributed by atoms with Crippen LogP contribution in [-0.2, 0) is 6.54 Å². The highest BCUT2D eigenvalue weighted by molar-refractivity contribution is 5.77. The van der Waals surface area contributed by atoms with E-state index in [2.05, 4.69) is 23.5 Å². The average molecular weight is 240 g/mol. The fourth-order valence-electron chi connectivity index (χ4n) is 2.71. The molecule has 1 fully saturated rings. The summed E-state index contributed by atoms with van der Waals surface area (Å²) in [6, 6.07) is 12.8. The van der Waals surface area contributed by atoms with Crippen LogP contribution >= 0.6 is 0 Å². The highest BCUT2D eigenvalue weighted by Gasteiger charge is 2.26. The summed E-state index contributed by atoms with van der Waals surface area (Å²) < 4.78 is 5.75. The first-order valence-corrected chi connectivity index (χ1v) is 6.47. The van der Waals surface area contributed by atoms with Crippen molar-refractivity contribution in [3.05, 3.63) is 36.1 Å². The number of furan rings is 1. The van der Waals surface area contributed by atoms with Crippen molar-refractivity contribution in [2.75, 3.05) is 0 Å². The van der Waals surface area contributed by atoms with Crippen LogP contribution in [0.25, 0.3) is 11.0 Å². The van der Waals surface area contributed by atoms with Crippen LogP contribution in [0.2, 0.25) is 0 Å². The normalized spacial score (nSPS) is 23.3. The van der Waals surface area contributed by atoms with Gasteiger partial charge in [-0.05, 0) is 25.0 Å². The van der Waals surface area contributed by atoms with Gasteiger partial charge in [0.25, 0.3) is 0 Å². The van der Waals surface area contributed by atoms with E-state index in [9.17, 15) is 0 Å². The van der Waals surface area contributed by atoms with Gasteiger partial charge < -0.3 is 9.73 Å². The molecular formula is C15H16N2O. The molecule has 2 unspecified atom stereocenters. The van der Waals surface area contributed by atoms with Gasteiger partial charge in [-0.15, -0.1) is 0 Å². The summed E-state index contributed by atoms with van der Waals surface area (Å²) in [6.07, 6.45) is 3.27. The zero-order valence-corrected chi connectivity index (χ0v) is 10.2. The fraction of sp³-hybridized carbons (Fsp3) is 0.400. The Labute approximate surface area is 106 Å². The van der Waals surface area contributed by atoms with Crippen LogP contribution in [0.5, 0.6) is 0 Å². The minimum atomic E-state index is 0.161. The highest BCUT2D eigenvalue weighted by Crippen LogP contribution is 2.25. The van der Waals surface area contributed by atoms with Gasteiger partial charge in [0.1, 0.15) is 11.3 Å². The van der Waals surface area contributed by atoms with Crippen LogP contribution in [0, 0.1) is 17.2 Å². The van der Waals surface area contributed by atoms with E-state index >= 15 is 0 Å². The Morgan fingerprint density at radius 3 is 3.06 bits per heavy atom. The molecule has 1 aliphatic rings. The Bertz CT molecular complexity index is 548. The Kier molecular flexibility index (Phi) is 3.04. The van der Waals surface area contributed by atoms with Crippen molar-refractivity contribution in [2.45, 2.75) is 31.8 Å². The number of hydrogen-bond acceptors (Lipinski definition) is 3. The third kappa shape index (κ3) is 2.12. The maximum absolute atomic E-state index is 9.03. The summed E-state index contributed by atoms with van der Waals surface area (Å²) in [5.74, 6) is 1.11. The highest BCUT2D eigenvalue weighted by atomic mass is 16.3. The summed E-state index contributed by atoms with van der Waals surface area (Å²) in [4.78, 5) is 0. The van der Waals surface area contributed by atoms with Gasteiger partial charge in [0.2, 0.25) is 0 Å². The number of nitriles is 1. The molecule has 1 N–H and O–H groups in total. The summed E-state index contributed by atoms with van der Waals surface area (Å²) in [5.41, 5.74) is 0.928. The largest absolute Gasteiger partial charge is 0.460 e. The van der Waals surface area contributed by atoms with Gasteiger partial charge in [-0.1, -0.05) is 24.6 Å². The van der Waals surface area contributed by atoms with Crippen molar-refractivity contribution in [3.63, 3.8) is 0 Å². The van der Waals surface area contributed by atoms with E-state index in [0.717, 1.165) is 36.0 Å². The molecule has 1 aromatic carbocycles. The van der Waals surface area contributed by atoms with Crippen LogP contribution in [0.1, 0.15) is 25.0 Å². The van der Waals surface area contributed by atoms with E-state index in [1.54, 1.807) is 0 Å². The number of fused-ring (bicyclic) bond motifs is 1. The second-order valence-corrected chi connectivity index (χ2v) is 4.90. The summed E-state index contributed by atoms with van der Waals surface area (Å²) in [7, 11) is 0. The monoisotopic (exact) mass is 240 g/mol. The summed E-state index contributed by atoms with van der Waals surface area (Å²) in [6.45, 7) is 0.706. The minimum absolute atomic E-state index is 0.161. The second kappa shape index (κ2) is 4.83. The lowest BCUT2D eigenvalue weighted by Gasteiger charge is -2.14. The van der Waals surface area contributed by atoms with Crippen molar-refractivity contribution >= 4 is 11.0 Å². The molecule has 18 heavy (non-hydrogen) atoms. The van der Waals surface area contributed by atoms with E-state index in [1.807, 2.05) is 18.2 Å². The third-order valence-corrected chi connectivity index (χ3v) is 3.70. The Morgan fingerprint density at radius 1 is 1.33 bits per heavy atom. The maximum Gasteiger partial charge on any atom is 0.134 e. The lowest BCUT2D eigenvalue weighted by atomic mass is 10.1. The third-order valence-electron chi connectivity index (χ3n) is 3.70. The van der Waals surface area contributed by atoms with Gasteiger partial charge in [0, 0.05) is 11.4 Å². The van der Waals surface area contributed by atoms with Crippen molar-refractivity contribution in [1.82, 2.24) is 5.32 Å². The molecule has 2 aromatic rings. The van der Waals surface area contributed by atoms with Gasteiger partial charge in [-0.2, -0.15) is 5.26 Å². The Hall–Kier alpha value is -1.79. The molecular weight excluding hydrogens is 224 g/mol. The van der Waals surface area contributed by atoms with Gasteiger partial charge in [-0.3, -0.25) is 0 Å². The summed E-state index contributed by atoms with van der Waals surface area (Å²) >= 11 is 0. The summed E-state index contributed by atoms with van der Waals surface area (Å²) in [5, 5.41) is 13.6. The Balaban J connectivity index is 1.68. The molecule has 1 aromatic heterocycles. The van der Waals surface area contributed by atoms with Gasteiger partial charge >= 0.3 is 0 Å². The smallest absolute Gasteiger partial charge is 0.134 e. The number of rotatable bonds is 3. The van der Waals surface area contributed by atoms with Gasteiger partial charge in [0.05, 0.1) is 18.5 Å². The first kappa shape index (κ1) is 11.3. The number of para-hydroxylation sites is 1. The molecule has 1 aliphatic carbocycles. The molecule has 0 spiro atoms. The molecule has 0 bridgehead atoms. The zero-order valence-electron chi connectivity index (χ0n) is 10.2. The molecule has 3 rings (SSSR count). The van der Waals surface area contributed by atoms with Crippen LogP contribution in [-0.4, -0.2) is 6.04 Å². The second-order valence-electron chi connectivity index (χ2n) is 4.90. The molecule has 3 nitrogen and oxygen atoms in total. The average Bonchev–Trinajstić information content (AvgIpc) is 3.01. The zero-order chi connectivity index (χ0) is 12.4. The predicted octanol–water partition coefficient (Wildman–Crippen LogP) is 3.21. The number of hydrogen-bond donors (Lipinski definition) is 1. The molecule has 1 saturated carbocycles. The topological polar surface area (TPSA) is 49.0 Å². The number of benzene rings is 1. The van der Waals surface area contributed by atoms with E-state index in [0.29, 0.717) is 12.6 Å². The van der Waals surface area contributed by atoms with E-state index in [4.69, 9.17) is 9.68 Å². The van der Waals surface area contributed by atoms with Crippen molar-refractivity contribution < 1.29 is 4.42 Å². The van der Waals surface area contributed by atoms with Crippen LogP contribution in [0.3, 0.4) is 0 Å². The van der Waals surface area contributed by atoms with Crippen LogP contribution in [0.4, 0.5) is 0 Å². The van der Waals surface area contributed by atoms with E-state index in [-0.39, 0.29) is 5.92 Å². The lowest BCUT2D eigenvalue weighted by Crippen LogP contribution is -2.31. The predicted molar refractivity (Wildman–Crippen MR) is 69.8 cm³/mol. The van der Waals surface area contributed by atoms with Crippen molar-refractivity contribution in [2.24, 2.45) is 5.92 Å². The first-order valence-electron chi connectivity index (χ1n) is 6.47. The quantitative estimate of drug-likeness (QED) is 0.896. The van der Waals surface area contributed by atoms with Gasteiger partial charge in [0.15, 0.2) is 0 Å². The molecule has 0 saturated heterocycles. The minimum Gasteiger partial charge on any atom is -0.460 e. The molecule has 1 heterocycles. The SMILES string of the molecule is N#CC1CCCC1NCc1cc2ccccc2o1. The van der Waals surface area contributed by atoms with Crippen LogP contribution < -0.4 is 5.32 Å². The molecule has 0 radical (unpaired) electrons. The van der Waals surface area contributed by atoms with Crippen LogP contribution in [0.15, 0.2) is 34.7 Å². The van der Waals surface area contributed by atoms with E-state index < -0.39 is 0 Å². The molecule has 92 valence electrons. The van der Waals surface area contributed by atoms with Crippen molar-refractivity contribution in [3.8, 4) is 6.07 Å². The standard InChI is InChI=1S/C15H16N2O/c16-9-12-5-3-6-14(12)17-10-13-8-11-4-1-2-7-15(11)18-13/h1-2,4,7-8,12,14,17H,3,5-6,10H2. The lowest BCUT2D eigenvalue weighted by molar-refractivity contribution is 0.429.